The van der Waals surface area contributed by atoms with Gasteiger partial charge < -0.3 is 16.4 Å². The van der Waals surface area contributed by atoms with Gasteiger partial charge in [0, 0.05) is 0 Å². The Hall–Kier alpha value is -0.0469. The predicted molar refractivity (Wildman–Crippen MR) is 49.0 cm³/mol. The molecule has 0 aliphatic heterocycles. The minimum Gasteiger partial charge on any atom is -0.352 e. The first-order valence-electron chi connectivity index (χ1n) is 3.27. The Morgan fingerprint density at radius 3 is 2.08 bits per heavy atom. The molecule has 0 radical (unpaired) electrons. The third-order valence-corrected chi connectivity index (χ3v) is 0.850. The van der Waals surface area contributed by atoms with Gasteiger partial charge in [-0.1, -0.05) is 0 Å². The number of hydrogen-bond donors (Lipinski definition) is 1. The predicted octanol–water partition coefficient (Wildman–Crippen LogP) is 2.39. The number of H-pyrrole nitrogens is 1. The van der Waals surface area contributed by atoms with Crippen molar-refractivity contribution in [2.75, 3.05) is 0 Å². The molecule has 0 spiro atoms. The molecule has 0 saturated carbocycles. The molecule has 0 unspecified atom stereocenters. The number of aromatic amines is 1. The number of aromatic nitrogens is 3. The van der Waals surface area contributed by atoms with Gasteiger partial charge in [0.25, 0.3) is 0 Å². The normalized spacial score (nSPS) is 6.92. The Labute approximate surface area is 95.5 Å². The molecular formula is C7H7Cl2N3Zr. The first-order valence-corrected chi connectivity index (χ1v) is 9.60. The summed E-state index contributed by atoms with van der Waals surface area (Å²) in [6.45, 7) is 0. The maximum Gasteiger partial charge on any atom is -0.112 e. The summed E-state index contributed by atoms with van der Waals surface area (Å²) in [5, 5.41) is 9.03. The maximum atomic E-state index is 4.93. The van der Waals surface area contributed by atoms with E-state index in [4.69, 9.17) is 17.0 Å². The summed E-state index contributed by atoms with van der Waals surface area (Å²) < 4.78 is 0. The van der Waals surface area contributed by atoms with Gasteiger partial charge in [-0.3, -0.25) is 0 Å². The number of hydrogen-bond acceptors (Lipinski definition) is 2. The van der Waals surface area contributed by atoms with E-state index in [1.165, 1.54) is 6.20 Å². The Balaban J connectivity index is 0.000000174. The molecule has 0 amide bonds. The molecule has 2 aromatic rings. The molecule has 13 heavy (non-hydrogen) atoms. The van der Waals surface area contributed by atoms with Gasteiger partial charge in [0.2, 0.25) is 0 Å². The number of halogens is 2. The molecule has 0 aliphatic carbocycles. The van der Waals surface area contributed by atoms with Crippen LogP contribution >= 0.6 is 17.0 Å². The number of nitrogens with zero attached hydrogens (tertiary/aromatic N) is 2. The van der Waals surface area contributed by atoms with Crippen molar-refractivity contribution in [3.8, 4) is 0 Å². The van der Waals surface area contributed by atoms with E-state index in [9.17, 15) is 0 Å². The number of nitrogens with one attached hydrogen (secondary N) is 1. The van der Waals surface area contributed by atoms with Crippen LogP contribution in [-0.2, 0) is 20.8 Å². The van der Waals surface area contributed by atoms with Crippen LogP contribution < -0.4 is 0 Å². The topological polar surface area (TPSA) is 41.6 Å². The van der Waals surface area contributed by atoms with Crippen LogP contribution in [0.15, 0.2) is 36.5 Å². The second-order valence-corrected chi connectivity index (χ2v) is 5.37. The fraction of sp³-hybridized carbons (Fsp3) is 0. The van der Waals surface area contributed by atoms with Gasteiger partial charge in [-0.25, -0.2) is 12.1 Å². The van der Waals surface area contributed by atoms with Gasteiger partial charge in [0.05, 0.1) is 0 Å². The molecule has 6 heteroatoms. The zero-order chi connectivity index (χ0) is 9.78. The second kappa shape index (κ2) is 12.0. The summed E-state index contributed by atoms with van der Waals surface area (Å²) in [6, 6.07) is 10.0. The summed E-state index contributed by atoms with van der Waals surface area (Å²) in [5.41, 5.74) is 0. The molecule has 3 nitrogen and oxygen atoms in total. The van der Waals surface area contributed by atoms with Gasteiger partial charge in [-0.2, -0.15) is 18.2 Å². The molecule has 2 rings (SSSR count). The van der Waals surface area contributed by atoms with Crippen LogP contribution in [-0.4, -0.2) is 15.4 Å². The fourth-order valence-corrected chi connectivity index (χ4v) is 0.465. The van der Waals surface area contributed by atoms with Crippen molar-refractivity contribution in [3.63, 3.8) is 0 Å². The van der Waals surface area contributed by atoms with Crippen molar-refractivity contribution in [1.29, 1.82) is 0 Å². The molecule has 1 aromatic heterocycles. The van der Waals surface area contributed by atoms with Gasteiger partial charge >= 0.3 is 37.9 Å². The molecule has 0 saturated heterocycles. The molecule has 68 valence electrons. The van der Waals surface area contributed by atoms with E-state index in [0.717, 1.165) is 0 Å². The minimum atomic E-state index is -0.826. The van der Waals surface area contributed by atoms with E-state index in [2.05, 4.69) is 21.6 Å². The second-order valence-electron chi connectivity index (χ2n) is 1.64. The Kier molecular flexibility index (Phi) is 11.9. The van der Waals surface area contributed by atoms with Gasteiger partial charge in [0.15, 0.2) is 0 Å². The van der Waals surface area contributed by atoms with Crippen molar-refractivity contribution >= 4 is 17.0 Å². The molecule has 1 aromatic carbocycles. The van der Waals surface area contributed by atoms with Crippen molar-refractivity contribution in [1.82, 2.24) is 15.4 Å². The monoisotopic (exact) mass is 293 g/mol. The van der Waals surface area contributed by atoms with Crippen LogP contribution in [0.4, 0.5) is 0 Å². The molecule has 1 N–H and O–H groups in total. The summed E-state index contributed by atoms with van der Waals surface area (Å²) >= 11 is -0.826. The third kappa shape index (κ3) is 12.0. The van der Waals surface area contributed by atoms with E-state index in [-0.39, 0.29) is 0 Å². The van der Waals surface area contributed by atoms with Crippen LogP contribution in [0.1, 0.15) is 0 Å². The standard InChI is InChI=1S/C5H5.C2H2N3.2ClH.Zr/c2*1-2-4-5-3-1;;;/h1-5H;1H,(H,3,4,5);2*1H;/q2*-1;;;+4/p-2. The van der Waals surface area contributed by atoms with Gasteiger partial charge in [0.1, 0.15) is 0 Å². The third-order valence-electron chi connectivity index (χ3n) is 0.850. The quantitative estimate of drug-likeness (QED) is 0.758. The SMILES string of the molecule is [Cl][Zr+2][Cl].[c-]1c[nH]nn1.c1cc[cH-]c1. The molecule has 0 aliphatic rings. The summed E-state index contributed by atoms with van der Waals surface area (Å²) in [5.74, 6) is 0. The van der Waals surface area contributed by atoms with E-state index in [1.54, 1.807) is 0 Å². The average Bonchev–Trinajstić information content (AvgIpc) is 2.85. The molecule has 1 heterocycles. The zero-order valence-electron chi connectivity index (χ0n) is 6.61. The maximum absolute atomic E-state index is 4.93. The van der Waals surface area contributed by atoms with E-state index >= 15 is 0 Å². The van der Waals surface area contributed by atoms with Crippen LogP contribution in [0.3, 0.4) is 0 Å². The Morgan fingerprint density at radius 1 is 1.31 bits per heavy atom. The van der Waals surface area contributed by atoms with Crippen molar-refractivity contribution in [2.45, 2.75) is 0 Å². The first-order chi connectivity index (χ1) is 6.41. The van der Waals surface area contributed by atoms with Gasteiger partial charge in [-0.05, 0) is 0 Å². The van der Waals surface area contributed by atoms with E-state index in [1.807, 2.05) is 30.3 Å². The molecular weight excluding hydrogens is 288 g/mol. The Morgan fingerprint density at radius 2 is 1.92 bits per heavy atom. The zero-order valence-corrected chi connectivity index (χ0v) is 10.6. The van der Waals surface area contributed by atoms with E-state index < -0.39 is 20.8 Å². The van der Waals surface area contributed by atoms with Gasteiger partial charge in [-0.15, -0.1) is 11.4 Å². The number of rotatable bonds is 0. The minimum absolute atomic E-state index is 0.826. The fourth-order valence-electron chi connectivity index (χ4n) is 0.465. The van der Waals surface area contributed by atoms with E-state index in [0.29, 0.717) is 0 Å². The molecule has 0 fully saturated rings. The van der Waals surface area contributed by atoms with Crippen LogP contribution in [0.25, 0.3) is 0 Å². The summed E-state index contributed by atoms with van der Waals surface area (Å²) in [7, 11) is 9.87. The van der Waals surface area contributed by atoms with Crippen LogP contribution in [0.5, 0.6) is 0 Å². The average molecular weight is 295 g/mol. The van der Waals surface area contributed by atoms with Crippen molar-refractivity contribution < 1.29 is 20.8 Å². The van der Waals surface area contributed by atoms with Crippen molar-refractivity contribution in [3.05, 3.63) is 42.7 Å². The Bertz CT molecular complexity index is 173. The smallest absolute Gasteiger partial charge is 0.112 e. The first kappa shape index (κ1) is 13.0. The van der Waals surface area contributed by atoms with Crippen LogP contribution in [0, 0.1) is 6.20 Å². The van der Waals surface area contributed by atoms with Crippen molar-refractivity contribution in [2.24, 2.45) is 0 Å². The largest absolute Gasteiger partial charge is 0.352 e. The molecule has 0 bridgehead atoms. The molecule has 0 atom stereocenters. The summed E-state index contributed by atoms with van der Waals surface area (Å²) in [6.07, 6.45) is 3.97. The summed E-state index contributed by atoms with van der Waals surface area (Å²) in [4.78, 5) is 0. The van der Waals surface area contributed by atoms with Crippen LogP contribution in [0.2, 0.25) is 0 Å².